The Kier molecular flexibility index (Phi) is 13.2. The van der Waals surface area contributed by atoms with Crippen LogP contribution in [0, 0.1) is 0 Å². The van der Waals surface area contributed by atoms with E-state index in [4.69, 9.17) is 0 Å². The fraction of sp³-hybridized carbons (Fsp3) is 1.00. The van der Waals surface area contributed by atoms with Gasteiger partial charge in [0.2, 0.25) is 0 Å². The zero-order valence-electron chi connectivity index (χ0n) is 7.77. The summed E-state index contributed by atoms with van der Waals surface area (Å²) in [6.45, 7) is 4.61. The van der Waals surface area contributed by atoms with Gasteiger partial charge in [-0.15, -0.1) is 0 Å². The second-order valence-electron chi connectivity index (χ2n) is 2.64. The predicted molar refractivity (Wildman–Crippen MR) is 55.7 cm³/mol. The van der Waals surface area contributed by atoms with Gasteiger partial charge >= 0.3 is 92.8 Å². The summed E-state index contributed by atoms with van der Waals surface area (Å²) in [5.41, 5.74) is 0. The van der Waals surface area contributed by atoms with Crippen molar-refractivity contribution in [1.29, 1.82) is 0 Å². The van der Waals surface area contributed by atoms with Crippen LogP contribution >= 0.6 is 0 Å². The summed E-state index contributed by atoms with van der Waals surface area (Å²) in [4.78, 5) is 0. The molecule has 0 saturated carbocycles. The van der Waals surface area contributed by atoms with E-state index >= 15 is 0 Å². The zero-order valence-corrected chi connectivity index (χ0v) is 12.4. The Bertz CT molecular complexity index is 56.6. The molecular weight excluding hydrogens is 363 g/mol. The monoisotopic (exact) mass is 388 g/mol. The van der Waals surface area contributed by atoms with Crippen LogP contribution in [0.4, 0.5) is 0 Å². The van der Waals surface area contributed by atoms with Gasteiger partial charge in [0.15, 0.2) is 0 Å². The average Bonchev–Trinajstić information content (AvgIpc) is 2.03. The van der Waals surface area contributed by atoms with Crippen molar-refractivity contribution in [1.82, 2.24) is 0 Å². The van der Waals surface area contributed by atoms with Crippen molar-refractivity contribution in [3.63, 3.8) is 0 Å². The maximum atomic E-state index is 2.31. The van der Waals surface area contributed by atoms with E-state index in [2.05, 4.69) is 13.8 Å². The van der Waals surface area contributed by atoms with Crippen molar-refractivity contribution in [3.8, 4) is 0 Å². The first kappa shape index (κ1) is 12.6. The molecule has 0 unspecified atom stereocenters. The van der Waals surface area contributed by atoms with Crippen LogP contribution in [0.2, 0.25) is 11.5 Å². The van der Waals surface area contributed by atoms with Crippen molar-refractivity contribution in [3.05, 3.63) is 0 Å². The quantitative estimate of drug-likeness (QED) is 0.446. The minimum absolute atomic E-state index is 0.500. The van der Waals surface area contributed by atoms with Crippen LogP contribution in [0.1, 0.15) is 39.5 Å². The molecule has 0 aromatic heterocycles. The Labute approximate surface area is 92.1 Å². The van der Waals surface area contributed by atoms with Gasteiger partial charge in [-0.1, -0.05) is 0 Å². The second-order valence-corrected chi connectivity index (χ2v) is 12.5. The molecule has 68 valence electrons. The van der Waals surface area contributed by atoms with Crippen LogP contribution in [-0.4, -0.2) is 41.8 Å². The van der Waals surface area contributed by atoms with Gasteiger partial charge < -0.3 is 0 Å². The number of unbranched alkanes of at least 4 members (excludes halogenated alkanes) is 2. The number of hydrogen-bond acceptors (Lipinski definition) is 0. The van der Waals surface area contributed by atoms with Gasteiger partial charge in [0.05, 0.1) is 0 Å². The van der Waals surface area contributed by atoms with Crippen LogP contribution in [0.25, 0.3) is 0 Å². The summed E-state index contributed by atoms with van der Waals surface area (Å²) in [6.07, 6.45) is 5.87. The Hall–Kier alpha value is 1.58. The van der Waals surface area contributed by atoms with Crippen molar-refractivity contribution < 1.29 is 0 Å². The fourth-order valence-electron chi connectivity index (χ4n) is 0.670. The molecule has 0 aliphatic heterocycles. The molecule has 0 saturated heterocycles. The molecule has 0 nitrogen and oxygen atoms in total. The molecular formula is C9H20Te2. The molecule has 0 spiro atoms. The first-order valence-electron chi connectivity index (χ1n) is 4.57. The van der Waals surface area contributed by atoms with E-state index in [0.717, 1.165) is 0 Å². The van der Waals surface area contributed by atoms with Gasteiger partial charge in [-0.3, -0.25) is 0 Å². The number of hydrogen-bond donors (Lipinski definition) is 0. The van der Waals surface area contributed by atoms with Crippen LogP contribution in [0.15, 0.2) is 0 Å². The minimum atomic E-state index is 0.500. The topological polar surface area (TPSA) is 0 Å². The first-order valence-corrected chi connectivity index (χ1v) is 11.2. The SMILES string of the molecule is CCCC[Te]C[Te]CCCC. The third-order valence-electron chi connectivity index (χ3n) is 1.45. The molecule has 0 aromatic carbocycles. The molecule has 0 rings (SSSR count). The molecule has 0 heterocycles. The molecule has 0 radical (unpaired) electrons. The van der Waals surface area contributed by atoms with Gasteiger partial charge in [-0.2, -0.15) is 0 Å². The standard InChI is InChI=1S/C9H20Te2/c1-3-5-7-10-9-11-8-6-4-2/h3-9H2,1-2H3. The van der Waals surface area contributed by atoms with Gasteiger partial charge in [-0.25, -0.2) is 0 Å². The third kappa shape index (κ3) is 11.6. The van der Waals surface area contributed by atoms with Crippen molar-refractivity contribution in [2.75, 3.05) is 0 Å². The zero-order chi connectivity index (χ0) is 8.36. The van der Waals surface area contributed by atoms with E-state index in [0.29, 0.717) is 41.8 Å². The Morgan fingerprint density at radius 1 is 0.818 bits per heavy atom. The van der Waals surface area contributed by atoms with E-state index in [1.165, 1.54) is 25.7 Å². The van der Waals surface area contributed by atoms with Crippen LogP contribution in [0.5, 0.6) is 0 Å². The average molecular weight is 383 g/mol. The second kappa shape index (κ2) is 11.6. The fourth-order valence-corrected chi connectivity index (χ4v) is 11.3. The molecule has 0 atom stereocenters. The van der Waals surface area contributed by atoms with Crippen molar-refractivity contribution in [2.45, 2.75) is 51.0 Å². The summed E-state index contributed by atoms with van der Waals surface area (Å²) in [5, 5.41) is 0. The molecule has 0 aliphatic rings. The molecule has 0 N–H and O–H groups in total. The van der Waals surface area contributed by atoms with Crippen LogP contribution < -0.4 is 0 Å². The molecule has 0 aromatic rings. The summed E-state index contributed by atoms with van der Waals surface area (Å²) >= 11 is 1.00. The molecule has 0 amide bonds. The molecule has 2 heteroatoms. The molecule has 0 bridgehead atoms. The summed E-state index contributed by atoms with van der Waals surface area (Å²) < 4.78 is 4.98. The molecule has 0 aliphatic carbocycles. The predicted octanol–water partition coefficient (Wildman–Crippen LogP) is 3.21. The molecule has 11 heavy (non-hydrogen) atoms. The van der Waals surface area contributed by atoms with Crippen molar-refractivity contribution in [2.24, 2.45) is 0 Å². The molecule has 0 fully saturated rings. The van der Waals surface area contributed by atoms with E-state index in [1.807, 2.05) is 0 Å². The Morgan fingerprint density at radius 3 is 1.64 bits per heavy atom. The van der Waals surface area contributed by atoms with E-state index < -0.39 is 0 Å². The summed E-state index contributed by atoms with van der Waals surface area (Å²) in [6, 6.07) is 0. The Balaban J connectivity index is 2.69. The summed E-state index contributed by atoms with van der Waals surface area (Å²) in [7, 11) is 0. The van der Waals surface area contributed by atoms with E-state index in [-0.39, 0.29) is 0 Å². The Morgan fingerprint density at radius 2 is 1.27 bits per heavy atom. The van der Waals surface area contributed by atoms with Gasteiger partial charge in [0.25, 0.3) is 0 Å². The summed E-state index contributed by atoms with van der Waals surface area (Å²) in [5.74, 6) is 0. The van der Waals surface area contributed by atoms with Crippen LogP contribution in [-0.2, 0) is 0 Å². The third-order valence-corrected chi connectivity index (χ3v) is 12.1. The van der Waals surface area contributed by atoms with Crippen molar-refractivity contribution >= 4 is 41.8 Å². The van der Waals surface area contributed by atoms with E-state index in [9.17, 15) is 0 Å². The maximum absolute atomic E-state index is 2.31. The van der Waals surface area contributed by atoms with Gasteiger partial charge in [0, 0.05) is 0 Å². The first-order chi connectivity index (χ1) is 5.41. The normalized spacial score (nSPS) is 10.4. The number of rotatable bonds is 8. The van der Waals surface area contributed by atoms with Gasteiger partial charge in [-0.05, 0) is 0 Å². The van der Waals surface area contributed by atoms with E-state index in [1.54, 1.807) is 11.5 Å². The van der Waals surface area contributed by atoms with Crippen LogP contribution in [0.3, 0.4) is 0 Å². The van der Waals surface area contributed by atoms with Gasteiger partial charge in [0.1, 0.15) is 0 Å².